The van der Waals surface area contributed by atoms with E-state index in [4.69, 9.17) is 9.47 Å². The molecule has 3 nitrogen and oxygen atoms in total. The molecule has 0 saturated heterocycles. The van der Waals surface area contributed by atoms with Gasteiger partial charge in [0.05, 0.1) is 5.69 Å². The minimum atomic E-state index is 0.244. The molecule has 0 aliphatic carbocycles. The summed E-state index contributed by atoms with van der Waals surface area (Å²) in [5.41, 5.74) is 7.71. The number of nitrogens with zero attached hydrogens (tertiary/aromatic N) is 1. The Morgan fingerprint density at radius 2 is 0.761 bits per heavy atom. The van der Waals surface area contributed by atoms with E-state index in [1.807, 2.05) is 85.0 Å². The average Bonchev–Trinajstić information content (AvgIpc) is 3.58. The minimum Gasteiger partial charge on any atom is -0.454 e. The van der Waals surface area contributed by atoms with Crippen molar-refractivity contribution in [2.24, 2.45) is 0 Å². The fourth-order valence-electron chi connectivity index (χ4n) is 4.99. The minimum absolute atomic E-state index is 0.244. The molecule has 6 rings (SSSR count). The van der Waals surface area contributed by atoms with Crippen molar-refractivity contribution in [2.45, 2.75) is 0 Å². The number of benzene rings is 5. The van der Waals surface area contributed by atoms with E-state index in [1.54, 1.807) is 0 Å². The first-order valence-electron chi connectivity index (χ1n) is 15.3. The van der Waals surface area contributed by atoms with E-state index in [1.165, 1.54) is 11.1 Å². The molecule has 0 aromatic heterocycles. The molecule has 0 atom stereocenters. The van der Waals surface area contributed by atoms with Gasteiger partial charge in [-0.2, -0.15) is 0 Å². The molecule has 0 fully saturated rings. The fourth-order valence-corrected chi connectivity index (χ4v) is 4.99. The highest BCUT2D eigenvalue weighted by Crippen LogP contribution is 2.41. The summed E-state index contributed by atoms with van der Waals surface area (Å²) in [7, 11) is 0. The van der Waals surface area contributed by atoms with Crippen LogP contribution in [-0.2, 0) is 0 Å². The van der Waals surface area contributed by atoms with E-state index in [-0.39, 0.29) is 6.79 Å². The van der Waals surface area contributed by atoms with E-state index in [2.05, 4.69) is 120 Å². The predicted octanol–water partition coefficient (Wildman–Crippen LogP) is 11.5. The van der Waals surface area contributed by atoms with Gasteiger partial charge in [0.25, 0.3) is 0 Å². The topological polar surface area (TPSA) is 21.7 Å². The molecule has 0 N–H and O–H groups in total. The molecule has 0 amide bonds. The molecule has 0 unspecified atom stereocenters. The lowest BCUT2D eigenvalue weighted by molar-refractivity contribution is 0.174. The first-order chi connectivity index (χ1) is 22.8. The first kappa shape index (κ1) is 30.0. The van der Waals surface area contributed by atoms with E-state index in [9.17, 15) is 0 Å². The SMILES string of the molecule is C(=CC=Cc1ccc(N(c2ccc(C=CC=CC=Cc3ccccc3)cc2)c2ccc3c(c2)OCO3)cc1)C=Cc1ccccc1. The van der Waals surface area contributed by atoms with Crippen molar-refractivity contribution >= 4 is 41.4 Å². The molecule has 1 aliphatic heterocycles. The summed E-state index contributed by atoms with van der Waals surface area (Å²) >= 11 is 0. The van der Waals surface area contributed by atoms with Crippen molar-refractivity contribution < 1.29 is 9.47 Å². The molecule has 46 heavy (non-hydrogen) atoms. The second-order valence-corrected chi connectivity index (χ2v) is 10.6. The van der Waals surface area contributed by atoms with Gasteiger partial charge in [0.1, 0.15) is 0 Å². The van der Waals surface area contributed by atoms with Crippen LogP contribution in [0.15, 0.2) is 176 Å². The number of hydrogen-bond acceptors (Lipinski definition) is 3. The largest absolute Gasteiger partial charge is 0.454 e. The van der Waals surface area contributed by atoms with Crippen molar-refractivity contribution in [1.29, 1.82) is 0 Å². The average molecular weight is 598 g/mol. The molecule has 0 bridgehead atoms. The summed E-state index contributed by atoms with van der Waals surface area (Å²) in [6, 6.07) is 43.8. The Morgan fingerprint density at radius 3 is 1.22 bits per heavy atom. The van der Waals surface area contributed by atoms with Crippen LogP contribution in [0.2, 0.25) is 0 Å². The molecule has 224 valence electrons. The lowest BCUT2D eigenvalue weighted by Gasteiger charge is -2.26. The number of ether oxygens (including phenoxy) is 2. The Bertz CT molecular complexity index is 1770. The highest BCUT2D eigenvalue weighted by Gasteiger charge is 2.18. The highest BCUT2D eigenvalue weighted by atomic mass is 16.7. The number of hydrogen-bond donors (Lipinski definition) is 0. The smallest absolute Gasteiger partial charge is 0.231 e. The number of rotatable bonds is 11. The van der Waals surface area contributed by atoms with E-state index < -0.39 is 0 Å². The third kappa shape index (κ3) is 8.31. The van der Waals surface area contributed by atoms with Gasteiger partial charge in [-0.1, -0.05) is 158 Å². The monoisotopic (exact) mass is 597 g/mol. The Kier molecular flexibility index (Phi) is 10.2. The zero-order valence-corrected chi connectivity index (χ0v) is 25.5. The zero-order chi connectivity index (χ0) is 31.2. The predicted molar refractivity (Wildman–Crippen MR) is 195 cm³/mol. The molecule has 5 aromatic carbocycles. The van der Waals surface area contributed by atoms with Gasteiger partial charge in [-0.15, -0.1) is 0 Å². The first-order valence-corrected chi connectivity index (χ1v) is 15.3. The van der Waals surface area contributed by atoms with Gasteiger partial charge in [0, 0.05) is 17.4 Å². The van der Waals surface area contributed by atoms with Gasteiger partial charge < -0.3 is 14.4 Å². The fraction of sp³-hybridized carbons (Fsp3) is 0.0233. The Morgan fingerprint density at radius 1 is 0.370 bits per heavy atom. The van der Waals surface area contributed by atoms with Crippen molar-refractivity contribution in [3.8, 4) is 11.5 Å². The van der Waals surface area contributed by atoms with Crippen molar-refractivity contribution in [2.75, 3.05) is 11.7 Å². The standard InChI is InChI=1S/C43H35NO2/c1(7-15-35-17-11-5-12-18-35)3-9-21-37-23-27-39(28-24-37)44(41-31-32-42-43(33-41)46-34-45-42)40-29-25-38(26-30-40)22-10-4-2-8-16-36-19-13-6-14-20-36/h1-33H,34H2. The maximum absolute atomic E-state index is 5.70. The van der Waals surface area contributed by atoms with Crippen LogP contribution in [0.4, 0.5) is 17.1 Å². The van der Waals surface area contributed by atoms with E-state index >= 15 is 0 Å². The Balaban J connectivity index is 1.16. The second-order valence-electron chi connectivity index (χ2n) is 10.6. The van der Waals surface area contributed by atoms with Crippen LogP contribution in [-0.4, -0.2) is 6.79 Å². The summed E-state index contributed by atoms with van der Waals surface area (Å²) < 4.78 is 11.3. The van der Waals surface area contributed by atoms with Crippen LogP contribution in [0.5, 0.6) is 11.5 Å². The molecule has 0 radical (unpaired) electrons. The van der Waals surface area contributed by atoms with Gasteiger partial charge in [-0.3, -0.25) is 0 Å². The van der Waals surface area contributed by atoms with Gasteiger partial charge in [0.2, 0.25) is 6.79 Å². The Labute approximate surface area is 271 Å². The number of allylic oxidation sites excluding steroid dienone is 8. The summed E-state index contributed by atoms with van der Waals surface area (Å²) in [5.74, 6) is 1.52. The highest BCUT2D eigenvalue weighted by molar-refractivity contribution is 5.79. The van der Waals surface area contributed by atoms with E-state index in [0.29, 0.717) is 0 Å². The van der Waals surface area contributed by atoms with Crippen LogP contribution in [0.3, 0.4) is 0 Å². The van der Waals surface area contributed by atoms with Crippen LogP contribution in [0, 0.1) is 0 Å². The van der Waals surface area contributed by atoms with Gasteiger partial charge in [-0.25, -0.2) is 0 Å². The second kappa shape index (κ2) is 15.6. The van der Waals surface area contributed by atoms with Crippen LogP contribution >= 0.6 is 0 Å². The quantitative estimate of drug-likeness (QED) is 0.141. The molecule has 1 heterocycles. The van der Waals surface area contributed by atoms with E-state index in [0.717, 1.165) is 39.7 Å². The summed E-state index contributed by atoms with van der Waals surface area (Å²) in [5, 5.41) is 0. The van der Waals surface area contributed by atoms with Gasteiger partial charge in [0.15, 0.2) is 11.5 Å². The van der Waals surface area contributed by atoms with Gasteiger partial charge >= 0.3 is 0 Å². The summed E-state index contributed by atoms with van der Waals surface area (Å²) in [6.45, 7) is 0.244. The van der Waals surface area contributed by atoms with Crippen LogP contribution in [0.1, 0.15) is 22.3 Å². The molecule has 5 aromatic rings. The van der Waals surface area contributed by atoms with Crippen LogP contribution in [0.25, 0.3) is 24.3 Å². The lowest BCUT2D eigenvalue weighted by Crippen LogP contribution is -2.09. The Hall–Kier alpha value is -6.06. The molecule has 1 aliphatic rings. The van der Waals surface area contributed by atoms with Crippen molar-refractivity contribution in [3.63, 3.8) is 0 Å². The molecule has 0 spiro atoms. The molecule has 3 heteroatoms. The van der Waals surface area contributed by atoms with Gasteiger partial charge in [-0.05, 0) is 58.7 Å². The lowest BCUT2D eigenvalue weighted by atomic mass is 10.1. The third-order valence-corrected chi connectivity index (χ3v) is 7.34. The maximum atomic E-state index is 5.70. The summed E-state index contributed by atoms with van der Waals surface area (Å²) in [4.78, 5) is 2.23. The number of fused-ring (bicyclic) bond motifs is 1. The maximum Gasteiger partial charge on any atom is 0.231 e. The van der Waals surface area contributed by atoms with Crippen molar-refractivity contribution in [3.05, 3.63) is 198 Å². The normalized spacial score (nSPS) is 13.0. The van der Waals surface area contributed by atoms with Crippen molar-refractivity contribution in [1.82, 2.24) is 0 Å². The molecular weight excluding hydrogens is 562 g/mol. The number of anilines is 3. The molecular formula is C43H35NO2. The zero-order valence-electron chi connectivity index (χ0n) is 25.5. The van der Waals surface area contributed by atoms with Crippen LogP contribution < -0.4 is 14.4 Å². The summed E-state index contributed by atoms with van der Waals surface area (Å²) in [6.07, 6.45) is 24.8. The molecule has 0 saturated carbocycles. The third-order valence-electron chi connectivity index (χ3n) is 7.34.